The number of aromatic nitrogens is 5. The number of benzene rings is 1. The van der Waals surface area contributed by atoms with E-state index in [4.69, 9.17) is 15.1 Å². The number of aryl methyl sites for hydroxylation is 1. The number of nitrogens with zero attached hydrogens (tertiary/aromatic N) is 5. The van der Waals surface area contributed by atoms with Gasteiger partial charge in [-0.05, 0) is 67.6 Å². The Morgan fingerprint density at radius 3 is 2.62 bits per heavy atom. The molecule has 5 heterocycles. The maximum atomic E-state index is 12.9. The van der Waals surface area contributed by atoms with Gasteiger partial charge in [0, 0.05) is 41.5 Å². The van der Waals surface area contributed by atoms with E-state index >= 15 is 0 Å². The van der Waals surface area contributed by atoms with E-state index in [0.717, 1.165) is 5.56 Å². The van der Waals surface area contributed by atoms with E-state index in [1.54, 1.807) is 43.8 Å². The van der Waals surface area contributed by atoms with Crippen molar-refractivity contribution in [3.05, 3.63) is 101 Å². The van der Waals surface area contributed by atoms with E-state index in [1.807, 2.05) is 40.8 Å². The van der Waals surface area contributed by atoms with Crippen LogP contribution in [0.5, 0.6) is 0 Å². The number of carbonyl (C=O) groups is 1. The van der Waals surface area contributed by atoms with Crippen molar-refractivity contribution in [1.82, 2.24) is 23.8 Å². The van der Waals surface area contributed by atoms with Gasteiger partial charge in [0.15, 0.2) is 0 Å². The molecule has 10 nitrogen and oxygen atoms in total. The van der Waals surface area contributed by atoms with Gasteiger partial charge < -0.3 is 15.5 Å². The number of hydrogen-bond acceptors (Lipinski definition) is 7. The smallest absolute Gasteiger partial charge is 0.412 e. The van der Waals surface area contributed by atoms with E-state index in [2.05, 4.69) is 15.3 Å². The summed E-state index contributed by atoms with van der Waals surface area (Å²) in [5, 5.41) is 2.89. The molecule has 1 amide bonds. The van der Waals surface area contributed by atoms with Crippen LogP contribution in [0.3, 0.4) is 0 Å². The zero-order valence-electron chi connectivity index (χ0n) is 21.0. The van der Waals surface area contributed by atoms with Crippen LogP contribution in [0.15, 0.2) is 82.5 Å². The van der Waals surface area contributed by atoms with E-state index in [0.29, 0.717) is 57.0 Å². The molecule has 0 bridgehead atoms. The summed E-state index contributed by atoms with van der Waals surface area (Å²) in [6.45, 7) is 1.75. The Hall–Kier alpha value is -5.25. The first kappa shape index (κ1) is 22.9. The van der Waals surface area contributed by atoms with E-state index in [9.17, 15) is 9.59 Å². The first-order valence-corrected chi connectivity index (χ1v) is 12.6. The summed E-state index contributed by atoms with van der Waals surface area (Å²) in [6.07, 6.45) is 9.16. The van der Waals surface area contributed by atoms with E-state index in [1.165, 1.54) is 22.8 Å². The molecule has 0 unspecified atom stereocenters. The highest BCUT2D eigenvalue weighted by Gasteiger charge is 2.24. The molecule has 7 rings (SSSR count). The molecule has 0 spiro atoms. The number of anilines is 2. The van der Waals surface area contributed by atoms with Crippen LogP contribution in [-0.4, -0.2) is 29.7 Å². The summed E-state index contributed by atoms with van der Waals surface area (Å²) < 4.78 is 8.54. The number of nitrogens with two attached hydrogens (primary N) is 1. The SMILES string of the molecule is Cc1oc(=O)n2cc(-c3nc(-c4ccc(C(=O)Nc5cc(C6CC6)ccn5)cc4)c4c(N)nccn34)ccc12. The molecule has 10 heteroatoms. The van der Waals surface area contributed by atoms with Gasteiger partial charge in [-0.1, -0.05) is 12.1 Å². The predicted molar refractivity (Wildman–Crippen MR) is 147 cm³/mol. The second-order valence-electron chi connectivity index (χ2n) is 9.69. The molecule has 1 aliphatic carbocycles. The number of hydrogen-bond donors (Lipinski definition) is 2. The van der Waals surface area contributed by atoms with Crippen LogP contribution in [0.4, 0.5) is 11.6 Å². The quantitative estimate of drug-likeness (QED) is 0.339. The average Bonchev–Trinajstić information content (AvgIpc) is 3.67. The number of nitrogens with one attached hydrogen (secondary N) is 1. The van der Waals surface area contributed by atoms with Crippen LogP contribution in [-0.2, 0) is 0 Å². The van der Waals surface area contributed by atoms with Crippen molar-refractivity contribution in [2.24, 2.45) is 0 Å². The van der Waals surface area contributed by atoms with Crippen LogP contribution >= 0.6 is 0 Å². The first-order valence-electron chi connectivity index (χ1n) is 12.6. The van der Waals surface area contributed by atoms with Gasteiger partial charge in [-0.15, -0.1) is 0 Å². The number of carbonyl (C=O) groups excluding carboxylic acids is 1. The summed E-state index contributed by atoms with van der Waals surface area (Å²) in [5.41, 5.74) is 11.4. The summed E-state index contributed by atoms with van der Waals surface area (Å²) in [5.74, 6) is 1.86. The lowest BCUT2D eigenvalue weighted by Crippen LogP contribution is -2.13. The Morgan fingerprint density at radius 1 is 1.03 bits per heavy atom. The third-order valence-electron chi connectivity index (χ3n) is 7.08. The van der Waals surface area contributed by atoms with Crippen LogP contribution in [0.2, 0.25) is 0 Å². The Labute approximate surface area is 221 Å². The van der Waals surface area contributed by atoms with Gasteiger partial charge in [-0.3, -0.25) is 9.20 Å². The minimum Gasteiger partial charge on any atom is -0.412 e. The summed E-state index contributed by atoms with van der Waals surface area (Å²) in [7, 11) is 0. The molecule has 0 atom stereocenters. The molecule has 1 fully saturated rings. The van der Waals surface area contributed by atoms with Crippen molar-refractivity contribution in [3.8, 4) is 22.6 Å². The van der Waals surface area contributed by atoms with Gasteiger partial charge in [-0.2, -0.15) is 0 Å². The third-order valence-corrected chi connectivity index (χ3v) is 7.08. The van der Waals surface area contributed by atoms with E-state index in [-0.39, 0.29) is 5.91 Å². The maximum absolute atomic E-state index is 12.9. The minimum absolute atomic E-state index is 0.243. The van der Waals surface area contributed by atoms with Crippen molar-refractivity contribution in [2.75, 3.05) is 11.1 Å². The molecule has 1 aliphatic rings. The number of rotatable bonds is 5. The topological polar surface area (TPSA) is 133 Å². The number of pyridine rings is 2. The Morgan fingerprint density at radius 2 is 1.82 bits per heavy atom. The van der Waals surface area contributed by atoms with Gasteiger partial charge in [0.2, 0.25) is 0 Å². The molecule has 0 saturated heterocycles. The van der Waals surface area contributed by atoms with Crippen molar-refractivity contribution in [1.29, 1.82) is 0 Å². The molecule has 5 aromatic heterocycles. The van der Waals surface area contributed by atoms with E-state index < -0.39 is 5.76 Å². The highest BCUT2D eigenvalue weighted by atomic mass is 16.4. The third kappa shape index (κ3) is 3.93. The number of imidazole rings is 1. The Bertz CT molecular complexity index is 1960. The molecular formula is C29H23N7O3. The molecule has 6 aromatic rings. The fraction of sp³-hybridized carbons (Fsp3) is 0.138. The van der Waals surface area contributed by atoms with Crippen molar-refractivity contribution < 1.29 is 9.21 Å². The molecule has 0 radical (unpaired) electrons. The van der Waals surface area contributed by atoms with Crippen LogP contribution in [0.1, 0.15) is 40.4 Å². The highest BCUT2D eigenvalue weighted by Crippen LogP contribution is 2.40. The standard InChI is InChI=1S/C29H23N7O3/c1-16-22-9-8-21(15-36(22)29(38)39-16)27-34-24(25-26(30)32-12-13-35(25)27)18-4-6-19(7-5-18)28(37)33-23-14-20(10-11-31-23)17-2-3-17/h4-15,17H,2-3H2,1H3,(H2,30,32)(H,31,33,37). The van der Waals surface area contributed by atoms with Crippen LogP contribution < -0.4 is 16.8 Å². The average molecular weight is 518 g/mol. The fourth-order valence-corrected chi connectivity index (χ4v) is 4.93. The van der Waals surface area contributed by atoms with Gasteiger partial charge in [0.1, 0.15) is 34.4 Å². The lowest BCUT2D eigenvalue weighted by atomic mass is 10.1. The molecule has 1 saturated carbocycles. The zero-order chi connectivity index (χ0) is 26.7. The van der Waals surface area contributed by atoms with Crippen LogP contribution in [0.25, 0.3) is 33.7 Å². The number of amides is 1. The van der Waals surface area contributed by atoms with Crippen LogP contribution in [0, 0.1) is 6.92 Å². The molecule has 39 heavy (non-hydrogen) atoms. The Kier molecular flexibility index (Phi) is 5.09. The van der Waals surface area contributed by atoms with Gasteiger partial charge in [0.25, 0.3) is 5.91 Å². The zero-order valence-corrected chi connectivity index (χ0v) is 21.0. The van der Waals surface area contributed by atoms with Gasteiger partial charge in [0.05, 0.1) is 5.52 Å². The number of oxazole rings is 1. The lowest BCUT2D eigenvalue weighted by molar-refractivity contribution is 0.102. The monoisotopic (exact) mass is 517 g/mol. The largest absolute Gasteiger partial charge is 0.423 e. The van der Waals surface area contributed by atoms with Crippen molar-refractivity contribution >= 4 is 28.6 Å². The fourth-order valence-electron chi connectivity index (χ4n) is 4.93. The van der Waals surface area contributed by atoms with Crippen molar-refractivity contribution in [2.45, 2.75) is 25.7 Å². The molecule has 192 valence electrons. The maximum Gasteiger partial charge on any atom is 0.423 e. The van der Waals surface area contributed by atoms with Gasteiger partial charge >= 0.3 is 5.76 Å². The molecular weight excluding hydrogens is 494 g/mol. The normalized spacial score (nSPS) is 13.3. The Balaban J connectivity index is 1.24. The minimum atomic E-state index is -0.463. The van der Waals surface area contributed by atoms with Crippen molar-refractivity contribution in [3.63, 3.8) is 0 Å². The number of fused-ring (bicyclic) bond motifs is 2. The second kappa shape index (κ2) is 8.66. The lowest BCUT2D eigenvalue weighted by Gasteiger charge is -2.07. The number of nitrogen functional groups attached to an aromatic ring is 1. The summed E-state index contributed by atoms with van der Waals surface area (Å²) in [4.78, 5) is 38.6. The van der Waals surface area contributed by atoms with Gasteiger partial charge in [-0.25, -0.2) is 24.1 Å². The highest BCUT2D eigenvalue weighted by molar-refractivity contribution is 6.04. The predicted octanol–water partition coefficient (Wildman–Crippen LogP) is 4.68. The first-order chi connectivity index (χ1) is 19.0. The summed E-state index contributed by atoms with van der Waals surface area (Å²) in [6, 6.07) is 14.8. The summed E-state index contributed by atoms with van der Waals surface area (Å²) >= 11 is 0. The second-order valence-corrected chi connectivity index (χ2v) is 9.69. The molecule has 1 aromatic carbocycles. The molecule has 3 N–H and O–H groups in total. The molecule has 0 aliphatic heterocycles.